The Labute approximate surface area is 181 Å². The van der Waals surface area contributed by atoms with Crippen LogP contribution in [0.25, 0.3) is 5.69 Å². The van der Waals surface area contributed by atoms with Crippen LogP contribution in [0.15, 0.2) is 23.4 Å². The maximum Gasteiger partial charge on any atom is 0.414 e. The van der Waals surface area contributed by atoms with E-state index in [0.717, 1.165) is 55.3 Å². The number of benzene rings is 1. The number of thioether (sulfide) groups is 1. The Morgan fingerprint density at radius 3 is 2.41 bits per heavy atom. The lowest BCUT2D eigenvalue weighted by Crippen LogP contribution is -2.37. The standard InChI is InChI=1S/C15H18Cl2N4OS.C2H2O4/c1-11-18-15(23-9-6-20-4-7-22-8-5-20)19-21(11)12-2-3-13(16)14(17)10-12;3-1(4)2(5)6/h2-3,10H,4-9H2,1H3;(H,3,4)(H,5,6). The third-order valence-corrected chi connectivity index (χ3v) is 5.38. The van der Waals surface area contributed by atoms with E-state index in [9.17, 15) is 0 Å². The van der Waals surface area contributed by atoms with Crippen molar-refractivity contribution in [2.75, 3.05) is 38.6 Å². The van der Waals surface area contributed by atoms with Crippen molar-refractivity contribution in [1.82, 2.24) is 19.7 Å². The summed E-state index contributed by atoms with van der Waals surface area (Å²) in [7, 11) is 0. The van der Waals surface area contributed by atoms with Crippen molar-refractivity contribution >= 4 is 46.9 Å². The summed E-state index contributed by atoms with van der Waals surface area (Å²) in [4.78, 5) is 25.1. The first-order valence-corrected chi connectivity index (χ1v) is 10.3. The van der Waals surface area contributed by atoms with Crippen LogP contribution in [-0.2, 0) is 14.3 Å². The Kier molecular flexibility index (Phi) is 9.18. The molecule has 1 aliphatic rings. The zero-order valence-electron chi connectivity index (χ0n) is 15.5. The van der Waals surface area contributed by atoms with Crippen molar-refractivity contribution in [3.63, 3.8) is 0 Å². The number of carboxylic acids is 2. The summed E-state index contributed by atoms with van der Waals surface area (Å²) in [5.74, 6) is -1.85. The number of aromatic nitrogens is 3. The van der Waals surface area contributed by atoms with Gasteiger partial charge in [-0.05, 0) is 25.1 Å². The third-order valence-electron chi connectivity index (χ3n) is 3.82. The molecule has 3 rings (SSSR count). The largest absolute Gasteiger partial charge is 0.473 e. The van der Waals surface area contributed by atoms with E-state index < -0.39 is 11.9 Å². The topological polar surface area (TPSA) is 118 Å². The fourth-order valence-electron chi connectivity index (χ4n) is 2.38. The first-order chi connectivity index (χ1) is 13.8. The van der Waals surface area contributed by atoms with E-state index in [-0.39, 0.29) is 0 Å². The van der Waals surface area contributed by atoms with Gasteiger partial charge < -0.3 is 14.9 Å². The summed E-state index contributed by atoms with van der Waals surface area (Å²) < 4.78 is 7.14. The molecule has 0 spiro atoms. The molecule has 2 heterocycles. The van der Waals surface area contributed by atoms with Gasteiger partial charge in [0.1, 0.15) is 5.82 Å². The molecule has 0 saturated carbocycles. The second-order valence-corrected chi connectivity index (χ2v) is 7.74. The van der Waals surface area contributed by atoms with Gasteiger partial charge in [-0.15, -0.1) is 5.10 Å². The Morgan fingerprint density at radius 2 is 1.83 bits per heavy atom. The van der Waals surface area contributed by atoms with Crippen LogP contribution in [0.3, 0.4) is 0 Å². The maximum atomic E-state index is 9.10. The predicted octanol–water partition coefficient (Wildman–Crippen LogP) is 2.46. The first-order valence-electron chi connectivity index (χ1n) is 8.56. The number of carboxylic acid groups (broad SMARTS) is 2. The first kappa shape index (κ1) is 23.4. The van der Waals surface area contributed by atoms with Crippen molar-refractivity contribution in [2.24, 2.45) is 0 Å². The highest BCUT2D eigenvalue weighted by atomic mass is 35.5. The molecule has 1 saturated heterocycles. The summed E-state index contributed by atoms with van der Waals surface area (Å²) in [6.45, 7) is 6.62. The molecule has 0 aliphatic carbocycles. The van der Waals surface area contributed by atoms with Crippen LogP contribution in [0.1, 0.15) is 5.82 Å². The monoisotopic (exact) mass is 462 g/mol. The van der Waals surface area contributed by atoms with Crippen molar-refractivity contribution in [3.8, 4) is 5.69 Å². The van der Waals surface area contributed by atoms with Gasteiger partial charge >= 0.3 is 11.9 Å². The molecule has 12 heteroatoms. The number of hydrogen-bond acceptors (Lipinski definition) is 7. The molecule has 1 aromatic heterocycles. The van der Waals surface area contributed by atoms with Gasteiger partial charge in [0.25, 0.3) is 0 Å². The second-order valence-electron chi connectivity index (χ2n) is 5.86. The molecular weight excluding hydrogens is 443 g/mol. The summed E-state index contributed by atoms with van der Waals surface area (Å²) in [5, 5.41) is 21.2. The van der Waals surface area contributed by atoms with E-state index >= 15 is 0 Å². The number of carbonyl (C=O) groups is 2. The molecule has 0 bridgehead atoms. The van der Waals surface area contributed by atoms with Gasteiger partial charge in [-0.25, -0.2) is 19.3 Å². The normalized spacial score (nSPS) is 14.2. The minimum atomic E-state index is -1.82. The number of hydrogen-bond donors (Lipinski definition) is 2. The molecule has 158 valence electrons. The highest BCUT2D eigenvalue weighted by Gasteiger charge is 2.13. The van der Waals surface area contributed by atoms with E-state index in [2.05, 4.69) is 15.0 Å². The molecule has 9 nitrogen and oxygen atoms in total. The average molecular weight is 463 g/mol. The van der Waals surface area contributed by atoms with E-state index in [4.69, 9.17) is 47.7 Å². The lowest BCUT2D eigenvalue weighted by Gasteiger charge is -2.25. The highest BCUT2D eigenvalue weighted by Crippen LogP contribution is 2.25. The van der Waals surface area contributed by atoms with E-state index in [0.29, 0.717) is 10.0 Å². The fraction of sp³-hybridized carbons (Fsp3) is 0.412. The number of aliphatic carboxylic acids is 2. The van der Waals surface area contributed by atoms with E-state index in [1.807, 2.05) is 13.0 Å². The number of halogens is 2. The number of nitrogens with zero attached hydrogens (tertiary/aromatic N) is 4. The molecule has 1 aromatic carbocycles. The Morgan fingerprint density at radius 1 is 1.17 bits per heavy atom. The van der Waals surface area contributed by atoms with Crippen molar-refractivity contribution in [1.29, 1.82) is 0 Å². The van der Waals surface area contributed by atoms with Gasteiger partial charge in [-0.1, -0.05) is 35.0 Å². The predicted molar refractivity (Wildman–Crippen MR) is 109 cm³/mol. The highest BCUT2D eigenvalue weighted by molar-refractivity contribution is 7.99. The molecule has 2 aromatic rings. The van der Waals surface area contributed by atoms with Crippen LogP contribution < -0.4 is 0 Å². The molecule has 2 N–H and O–H groups in total. The van der Waals surface area contributed by atoms with Crippen LogP contribution in [0.2, 0.25) is 10.0 Å². The molecule has 1 aliphatic heterocycles. The van der Waals surface area contributed by atoms with Crippen LogP contribution in [0.4, 0.5) is 0 Å². The summed E-state index contributed by atoms with van der Waals surface area (Å²) >= 11 is 13.7. The molecule has 0 atom stereocenters. The van der Waals surface area contributed by atoms with Gasteiger partial charge in [-0.2, -0.15) is 0 Å². The minimum absolute atomic E-state index is 0.514. The molecule has 29 heavy (non-hydrogen) atoms. The van der Waals surface area contributed by atoms with Crippen LogP contribution in [0, 0.1) is 6.92 Å². The zero-order chi connectivity index (χ0) is 21.4. The van der Waals surface area contributed by atoms with E-state index in [1.54, 1.807) is 28.6 Å². The number of morpholine rings is 1. The number of rotatable bonds is 5. The quantitative estimate of drug-likeness (QED) is 0.509. The number of aryl methyl sites for hydroxylation is 1. The van der Waals surface area contributed by atoms with Gasteiger partial charge in [0.15, 0.2) is 0 Å². The van der Waals surface area contributed by atoms with Gasteiger partial charge in [0.2, 0.25) is 5.16 Å². The van der Waals surface area contributed by atoms with Crippen molar-refractivity contribution in [3.05, 3.63) is 34.1 Å². The second kappa shape index (κ2) is 11.4. The molecule has 0 unspecified atom stereocenters. The molecule has 0 radical (unpaired) electrons. The SMILES string of the molecule is Cc1nc(SCCN2CCOCC2)nn1-c1ccc(Cl)c(Cl)c1.O=C(O)C(=O)O. The Balaban J connectivity index is 0.000000438. The minimum Gasteiger partial charge on any atom is -0.473 e. The van der Waals surface area contributed by atoms with Crippen LogP contribution in [-0.4, -0.2) is 80.4 Å². The molecule has 1 fully saturated rings. The van der Waals surface area contributed by atoms with Gasteiger partial charge in [0.05, 0.1) is 28.9 Å². The van der Waals surface area contributed by atoms with Crippen LogP contribution in [0.5, 0.6) is 0 Å². The van der Waals surface area contributed by atoms with Gasteiger partial charge in [0, 0.05) is 25.4 Å². The summed E-state index contributed by atoms with van der Waals surface area (Å²) in [6.07, 6.45) is 0. The molecular formula is C17H20Cl2N4O5S. The van der Waals surface area contributed by atoms with E-state index in [1.165, 1.54) is 0 Å². The Bertz CT molecular complexity index is 846. The maximum absolute atomic E-state index is 9.10. The lowest BCUT2D eigenvalue weighted by molar-refractivity contribution is -0.159. The van der Waals surface area contributed by atoms with Crippen LogP contribution >= 0.6 is 35.0 Å². The smallest absolute Gasteiger partial charge is 0.414 e. The summed E-state index contributed by atoms with van der Waals surface area (Å²) in [6, 6.07) is 5.46. The van der Waals surface area contributed by atoms with Crippen molar-refractivity contribution in [2.45, 2.75) is 12.1 Å². The van der Waals surface area contributed by atoms with Gasteiger partial charge in [-0.3, -0.25) is 4.90 Å². The average Bonchev–Trinajstić information content (AvgIpc) is 3.06. The zero-order valence-corrected chi connectivity index (χ0v) is 17.9. The Hall–Kier alpha value is -1.85. The number of ether oxygens (including phenoxy) is 1. The lowest BCUT2D eigenvalue weighted by atomic mass is 10.3. The molecule has 0 amide bonds. The summed E-state index contributed by atoms with van der Waals surface area (Å²) in [5.41, 5.74) is 0.865. The van der Waals surface area contributed by atoms with Crippen molar-refractivity contribution < 1.29 is 24.5 Å². The third kappa shape index (κ3) is 7.48. The fourth-order valence-corrected chi connectivity index (χ4v) is 3.54.